The van der Waals surface area contributed by atoms with E-state index in [4.69, 9.17) is 15.0 Å². The van der Waals surface area contributed by atoms with E-state index >= 15 is 0 Å². The molecule has 3 amide bonds. The minimum absolute atomic E-state index is 0.0525. The third-order valence-electron chi connectivity index (χ3n) is 5.01. The topological polar surface area (TPSA) is 133 Å². The van der Waals surface area contributed by atoms with E-state index in [0.717, 1.165) is 35.4 Å². The molecule has 0 bridgehead atoms. The van der Waals surface area contributed by atoms with E-state index < -0.39 is 11.8 Å². The zero-order chi connectivity index (χ0) is 22.8. The lowest BCUT2D eigenvalue weighted by Crippen LogP contribution is -2.34. The first-order valence-corrected chi connectivity index (χ1v) is 10.5. The molecule has 3 rings (SSSR count). The van der Waals surface area contributed by atoms with E-state index in [1.807, 2.05) is 24.3 Å². The van der Waals surface area contributed by atoms with E-state index in [0.29, 0.717) is 18.8 Å². The van der Waals surface area contributed by atoms with Gasteiger partial charge in [-0.25, -0.2) is 5.53 Å². The number of rotatable bonds is 11. The van der Waals surface area contributed by atoms with Gasteiger partial charge in [0.05, 0.1) is 6.61 Å². The van der Waals surface area contributed by atoms with Crippen LogP contribution < -0.4 is 10.6 Å². The Morgan fingerprint density at radius 1 is 1.22 bits per heavy atom. The van der Waals surface area contributed by atoms with Crippen LogP contribution in [-0.4, -0.2) is 48.7 Å². The number of carbonyl (C=O) groups is 3. The lowest BCUT2D eigenvalue weighted by Gasteiger charge is -2.22. The minimum atomic E-state index is -0.393. The number of ether oxygens (including phenoxy) is 2. The Hall–Kier alpha value is -3.37. The number of carbonyl (C=O) groups excluding carboxylic acids is 3. The molecule has 1 aromatic rings. The molecule has 0 aromatic heterocycles. The number of anilines is 1. The molecule has 0 aliphatic carbocycles. The lowest BCUT2D eigenvalue weighted by atomic mass is 10.2. The lowest BCUT2D eigenvalue weighted by molar-refractivity contribution is -0.157. The first kappa shape index (κ1) is 23.3. The average Bonchev–Trinajstić information content (AvgIpc) is 3.14. The number of amides is 3. The van der Waals surface area contributed by atoms with E-state index in [2.05, 4.69) is 15.7 Å². The Labute approximate surface area is 186 Å². The Morgan fingerprint density at radius 3 is 2.62 bits per heavy atom. The minimum Gasteiger partial charge on any atom is -0.360 e. The Morgan fingerprint density at radius 2 is 1.97 bits per heavy atom. The van der Waals surface area contributed by atoms with Crippen molar-refractivity contribution in [2.75, 3.05) is 25.1 Å². The SMILES string of the molecule is N=N/C(=C\Nc1ccc(CNC(=O)CCN2C(=O)C=CC2=O)cc1)COC1CCCCO1. The summed E-state index contributed by atoms with van der Waals surface area (Å²) >= 11 is 0. The van der Waals surface area contributed by atoms with Crippen LogP contribution in [0.5, 0.6) is 0 Å². The zero-order valence-electron chi connectivity index (χ0n) is 17.7. The summed E-state index contributed by atoms with van der Waals surface area (Å²) in [6.07, 6.45) is 6.79. The largest absolute Gasteiger partial charge is 0.360 e. The van der Waals surface area contributed by atoms with Gasteiger partial charge < -0.3 is 20.1 Å². The second-order valence-electron chi connectivity index (χ2n) is 7.38. The number of hydrogen-bond acceptors (Lipinski definition) is 8. The summed E-state index contributed by atoms with van der Waals surface area (Å²) in [5.74, 6) is -1.03. The Bertz CT molecular complexity index is 872. The molecule has 2 aliphatic rings. The third kappa shape index (κ3) is 7.10. The quantitative estimate of drug-likeness (QED) is 0.357. The van der Waals surface area contributed by atoms with Crippen molar-refractivity contribution < 1.29 is 23.9 Å². The summed E-state index contributed by atoms with van der Waals surface area (Å²) in [7, 11) is 0. The van der Waals surface area contributed by atoms with Gasteiger partial charge in [0.25, 0.3) is 11.8 Å². The molecule has 1 atom stereocenters. The van der Waals surface area contributed by atoms with Gasteiger partial charge >= 0.3 is 0 Å². The number of nitrogens with one attached hydrogen (secondary N) is 3. The maximum absolute atomic E-state index is 12.0. The molecule has 1 saturated heterocycles. The second-order valence-corrected chi connectivity index (χ2v) is 7.38. The van der Waals surface area contributed by atoms with Crippen molar-refractivity contribution in [2.45, 2.75) is 38.5 Å². The predicted octanol–water partition coefficient (Wildman–Crippen LogP) is 2.45. The van der Waals surface area contributed by atoms with Crippen molar-refractivity contribution >= 4 is 23.4 Å². The predicted molar refractivity (Wildman–Crippen MR) is 115 cm³/mol. The number of imide groups is 1. The second kappa shape index (κ2) is 11.9. The zero-order valence-corrected chi connectivity index (χ0v) is 17.7. The molecule has 32 heavy (non-hydrogen) atoms. The molecular formula is C22H27N5O5. The summed E-state index contributed by atoms with van der Waals surface area (Å²) in [6.45, 7) is 1.28. The third-order valence-corrected chi connectivity index (χ3v) is 5.01. The monoisotopic (exact) mass is 441 g/mol. The normalized spacial score (nSPS) is 18.7. The highest BCUT2D eigenvalue weighted by atomic mass is 16.7. The van der Waals surface area contributed by atoms with Crippen LogP contribution in [0.1, 0.15) is 31.2 Å². The van der Waals surface area contributed by atoms with Crippen LogP contribution in [0.25, 0.3) is 0 Å². The summed E-state index contributed by atoms with van der Waals surface area (Å²) in [5.41, 5.74) is 9.43. The van der Waals surface area contributed by atoms with Crippen LogP contribution >= 0.6 is 0 Å². The van der Waals surface area contributed by atoms with Crippen LogP contribution in [0.2, 0.25) is 0 Å². The average molecular weight is 441 g/mol. The van der Waals surface area contributed by atoms with Crippen molar-refractivity contribution in [2.24, 2.45) is 5.11 Å². The van der Waals surface area contributed by atoms with Gasteiger partial charge in [0, 0.05) is 50.2 Å². The molecule has 0 spiro atoms. The van der Waals surface area contributed by atoms with Crippen LogP contribution in [-0.2, 0) is 30.4 Å². The van der Waals surface area contributed by atoms with E-state index in [1.54, 1.807) is 6.20 Å². The first-order valence-electron chi connectivity index (χ1n) is 10.5. The van der Waals surface area contributed by atoms with Gasteiger partial charge in [0.15, 0.2) is 6.29 Å². The molecule has 170 valence electrons. The summed E-state index contributed by atoms with van der Waals surface area (Å²) in [4.78, 5) is 36.0. The molecular weight excluding hydrogens is 414 g/mol. The van der Waals surface area contributed by atoms with Gasteiger partial charge in [-0.05, 0) is 37.0 Å². The van der Waals surface area contributed by atoms with Crippen molar-refractivity contribution in [1.82, 2.24) is 10.2 Å². The van der Waals surface area contributed by atoms with Gasteiger partial charge in [-0.2, -0.15) is 5.11 Å². The fourth-order valence-corrected chi connectivity index (χ4v) is 3.17. The maximum atomic E-state index is 12.0. The number of benzene rings is 1. The van der Waals surface area contributed by atoms with E-state index in [1.165, 1.54) is 12.2 Å². The molecule has 3 N–H and O–H groups in total. The van der Waals surface area contributed by atoms with E-state index in [9.17, 15) is 14.4 Å². The maximum Gasteiger partial charge on any atom is 0.253 e. The molecule has 0 saturated carbocycles. The Kier molecular flexibility index (Phi) is 8.64. The van der Waals surface area contributed by atoms with Gasteiger partial charge in [0.1, 0.15) is 5.70 Å². The van der Waals surface area contributed by atoms with Crippen LogP contribution in [0, 0.1) is 5.53 Å². The van der Waals surface area contributed by atoms with Crippen molar-refractivity contribution in [3.8, 4) is 0 Å². The first-order chi connectivity index (χ1) is 15.5. The van der Waals surface area contributed by atoms with Gasteiger partial charge in [0.2, 0.25) is 5.91 Å². The van der Waals surface area contributed by atoms with Crippen LogP contribution in [0.3, 0.4) is 0 Å². The highest BCUT2D eigenvalue weighted by Gasteiger charge is 2.23. The number of nitrogens with zero attached hydrogens (tertiary/aromatic N) is 2. The summed E-state index contributed by atoms with van der Waals surface area (Å²) in [5, 5.41) is 9.33. The molecule has 2 aliphatic heterocycles. The van der Waals surface area contributed by atoms with Crippen LogP contribution in [0.15, 0.2) is 53.4 Å². The molecule has 2 heterocycles. The number of hydrogen-bond donors (Lipinski definition) is 3. The molecule has 1 aromatic carbocycles. The molecule has 1 fully saturated rings. The molecule has 0 radical (unpaired) electrons. The highest BCUT2D eigenvalue weighted by molar-refractivity contribution is 6.13. The standard InChI is InChI=1S/C22H27N5O5/c23-26-18(15-32-22-3-1-2-12-31-22)14-24-17-6-4-16(5-7-17)13-25-19(28)10-11-27-20(29)8-9-21(27)30/h4-9,14,22-24H,1-3,10-13,15H2,(H,25,28)/b18-14-,26-23?. The Balaban J connectivity index is 1.38. The molecule has 10 heteroatoms. The van der Waals surface area contributed by atoms with Gasteiger partial charge in [-0.1, -0.05) is 12.1 Å². The van der Waals surface area contributed by atoms with Crippen molar-refractivity contribution in [1.29, 1.82) is 5.53 Å². The highest BCUT2D eigenvalue weighted by Crippen LogP contribution is 2.15. The van der Waals surface area contributed by atoms with Gasteiger partial charge in [-0.15, -0.1) is 0 Å². The summed E-state index contributed by atoms with van der Waals surface area (Å²) < 4.78 is 11.1. The van der Waals surface area contributed by atoms with Gasteiger partial charge in [-0.3, -0.25) is 19.3 Å². The fraction of sp³-hybridized carbons (Fsp3) is 0.409. The smallest absolute Gasteiger partial charge is 0.253 e. The van der Waals surface area contributed by atoms with Crippen molar-refractivity contribution in [3.05, 3.63) is 53.9 Å². The van der Waals surface area contributed by atoms with E-state index in [-0.39, 0.29) is 31.8 Å². The van der Waals surface area contributed by atoms with Crippen molar-refractivity contribution in [3.63, 3.8) is 0 Å². The van der Waals surface area contributed by atoms with Crippen LogP contribution in [0.4, 0.5) is 5.69 Å². The summed E-state index contributed by atoms with van der Waals surface area (Å²) in [6, 6.07) is 7.41. The molecule has 10 nitrogen and oxygen atoms in total. The molecule has 1 unspecified atom stereocenters. The fourth-order valence-electron chi connectivity index (χ4n) is 3.17.